The first-order valence-corrected chi connectivity index (χ1v) is 7.11. The fourth-order valence-corrected chi connectivity index (χ4v) is 2.65. The highest BCUT2D eigenvalue weighted by molar-refractivity contribution is 9.10. The molecule has 0 saturated heterocycles. The van der Waals surface area contributed by atoms with E-state index in [0.29, 0.717) is 27.0 Å². The van der Waals surface area contributed by atoms with Crippen molar-refractivity contribution in [2.75, 3.05) is 0 Å². The molecule has 3 aromatic rings. The predicted octanol–water partition coefficient (Wildman–Crippen LogP) is 4.81. The van der Waals surface area contributed by atoms with Gasteiger partial charge in [0.2, 0.25) is 0 Å². The number of hydrogen-bond donors (Lipinski definition) is 0. The third-order valence-electron chi connectivity index (χ3n) is 2.97. The van der Waals surface area contributed by atoms with Crippen molar-refractivity contribution in [3.63, 3.8) is 0 Å². The third kappa shape index (κ3) is 2.21. The second kappa shape index (κ2) is 5.14. The highest BCUT2D eigenvalue weighted by Crippen LogP contribution is 2.26. The number of alkyl halides is 1. The summed E-state index contributed by atoms with van der Waals surface area (Å²) < 4.78 is 28.8. The number of halogens is 4. The molecular weight excluding hydrogens is 350 g/mol. The monoisotopic (exact) mass is 356 g/mol. The molecule has 0 aliphatic carbocycles. The Hall–Kier alpha value is -1.46. The lowest BCUT2D eigenvalue weighted by atomic mass is 10.2. The summed E-state index contributed by atoms with van der Waals surface area (Å²) in [7, 11) is 0. The average molecular weight is 358 g/mol. The van der Waals surface area contributed by atoms with Gasteiger partial charge in [-0.15, -0.1) is 11.6 Å². The number of imidazole rings is 1. The van der Waals surface area contributed by atoms with Gasteiger partial charge in [0.1, 0.15) is 17.5 Å². The number of rotatable bonds is 2. The molecule has 20 heavy (non-hydrogen) atoms. The number of nitrogens with zero attached hydrogens (tertiary/aromatic N) is 2. The van der Waals surface area contributed by atoms with Crippen LogP contribution in [0.15, 0.2) is 40.9 Å². The number of fused-ring (bicyclic) bond motifs is 1. The standard InChI is InChI=1S/C14H8BrClF2N2/c15-10-6-9(2-3-11(10)18)20-13-5-8(17)1-4-12(13)19-14(20)7-16/h1-6H,7H2. The van der Waals surface area contributed by atoms with Crippen LogP contribution in [0.1, 0.15) is 5.82 Å². The van der Waals surface area contributed by atoms with Crippen LogP contribution in [0.4, 0.5) is 8.78 Å². The number of hydrogen-bond acceptors (Lipinski definition) is 1. The maximum absolute atomic E-state index is 13.4. The molecule has 0 unspecified atom stereocenters. The predicted molar refractivity (Wildman–Crippen MR) is 78.2 cm³/mol. The van der Waals surface area contributed by atoms with Gasteiger partial charge in [0.15, 0.2) is 0 Å². The zero-order valence-corrected chi connectivity index (χ0v) is 12.4. The van der Waals surface area contributed by atoms with Gasteiger partial charge in [-0.2, -0.15) is 0 Å². The van der Waals surface area contributed by atoms with Crippen molar-refractivity contribution in [3.05, 3.63) is 58.3 Å². The van der Waals surface area contributed by atoms with Gasteiger partial charge in [0.05, 0.1) is 21.4 Å². The molecule has 102 valence electrons. The minimum Gasteiger partial charge on any atom is -0.295 e. The van der Waals surface area contributed by atoms with Crippen LogP contribution in [-0.2, 0) is 5.88 Å². The SMILES string of the molecule is Fc1ccc2nc(CCl)n(-c3ccc(F)c(Br)c3)c2c1. The van der Waals surface area contributed by atoms with Gasteiger partial charge >= 0.3 is 0 Å². The van der Waals surface area contributed by atoms with Gasteiger partial charge in [0.25, 0.3) is 0 Å². The molecular formula is C14H8BrClF2N2. The molecule has 0 radical (unpaired) electrons. The van der Waals surface area contributed by atoms with E-state index in [1.54, 1.807) is 22.8 Å². The van der Waals surface area contributed by atoms with Gasteiger partial charge in [-0.1, -0.05) is 0 Å². The Morgan fingerprint density at radius 3 is 2.65 bits per heavy atom. The van der Waals surface area contributed by atoms with E-state index in [1.807, 2.05) is 0 Å². The molecule has 0 N–H and O–H groups in total. The van der Waals surface area contributed by atoms with Gasteiger partial charge < -0.3 is 0 Å². The van der Waals surface area contributed by atoms with Crippen LogP contribution in [0.3, 0.4) is 0 Å². The zero-order chi connectivity index (χ0) is 14.3. The van der Waals surface area contributed by atoms with Gasteiger partial charge in [-0.3, -0.25) is 4.57 Å². The van der Waals surface area contributed by atoms with Crippen LogP contribution in [0, 0.1) is 11.6 Å². The number of benzene rings is 2. The maximum atomic E-state index is 13.4. The summed E-state index contributed by atoms with van der Waals surface area (Å²) >= 11 is 9.04. The van der Waals surface area contributed by atoms with Crippen LogP contribution in [0.2, 0.25) is 0 Å². The first kappa shape index (κ1) is 13.5. The van der Waals surface area contributed by atoms with E-state index in [-0.39, 0.29) is 17.5 Å². The molecule has 1 aromatic heterocycles. The summed E-state index contributed by atoms with van der Waals surface area (Å²) in [5.41, 5.74) is 1.91. The van der Waals surface area contributed by atoms with Gasteiger partial charge in [-0.25, -0.2) is 13.8 Å². The van der Waals surface area contributed by atoms with E-state index < -0.39 is 0 Å². The summed E-state index contributed by atoms with van der Waals surface area (Å²) in [6.45, 7) is 0. The summed E-state index contributed by atoms with van der Waals surface area (Å²) in [5, 5.41) is 0. The normalized spacial score (nSPS) is 11.2. The Labute approximate surface area is 127 Å². The third-order valence-corrected chi connectivity index (χ3v) is 3.81. The molecule has 0 fully saturated rings. The van der Waals surface area contributed by atoms with Crippen molar-refractivity contribution in [3.8, 4) is 5.69 Å². The fourth-order valence-electron chi connectivity index (χ4n) is 2.10. The first-order chi connectivity index (χ1) is 9.60. The van der Waals surface area contributed by atoms with E-state index in [0.717, 1.165) is 0 Å². The lowest BCUT2D eigenvalue weighted by Crippen LogP contribution is -2.00. The molecule has 6 heteroatoms. The van der Waals surface area contributed by atoms with Crippen molar-refractivity contribution in [2.24, 2.45) is 0 Å². The molecule has 0 saturated carbocycles. The molecule has 3 rings (SSSR count). The summed E-state index contributed by atoms with van der Waals surface area (Å²) in [6.07, 6.45) is 0. The summed E-state index contributed by atoms with van der Waals surface area (Å²) in [6, 6.07) is 8.87. The average Bonchev–Trinajstić information content (AvgIpc) is 2.79. The topological polar surface area (TPSA) is 17.8 Å². The highest BCUT2D eigenvalue weighted by atomic mass is 79.9. The maximum Gasteiger partial charge on any atom is 0.137 e. The quantitative estimate of drug-likeness (QED) is 0.602. The second-order valence-electron chi connectivity index (χ2n) is 4.23. The Morgan fingerprint density at radius 2 is 1.95 bits per heavy atom. The van der Waals surface area contributed by atoms with E-state index in [2.05, 4.69) is 20.9 Å². The first-order valence-electron chi connectivity index (χ1n) is 5.78. The minimum absolute atomic E-state index is 0.172. The Bertz CT molecular complexity index is 801. The van der Waals surface area contributed by atoms with Crippen molar-refractivity contribution in [1.29, 1.82) is 0 Å². The molecule has 2 aromatic carbocycles. The van der Waals surface area contributed by atoms with E-state index in [4.69, 9.17) is 11.6 Å². The minimum atomic E-state index is -0.364. The molecule has 2 nitrogen and oxygen atoms in total. The lowest BCUT2D eigenvalue weighted by molar-refractivity contribution is 0.620. The van der Waals surface area contributed by atoms with E-state index in [9.17, 15) is 8.78 Å². The Morgan fingerprint density at radius 1 is 1.15 bits per heavy atom. The van der Waals surface area contributed by atoms with Crippen LogP contribution in [-0.4, -0.2) is 9.55 Å². The molecule has 1 heterocycles. The molecule has 0 amide bonds. The van der Waals surface area contributed by atoms with Crippen LogP contribution in [0.5, 0.6) is 0 Å². The van der Waals surface area contributed by atoms with Crippen LogP contribution in [0.25, 0.3) is 16.7 Å². The van der Waals surface area contributed by atoms with Crippen molar-refractivity contribution in [2.45, 2.75) is 5.88 Å². The highest BCUT2D eigenvalue weighted by Gasteiger charge is 2.13. The van der Waals surface area contributed by atoms with Crippen molar-refractivity contribution >= 4 is 38.6 Å². The van der Waals surface area contributed by atoms with Crippen molar-refractivity contribution in [1.82, 2.24) is 9.55 Å². The Kier molecular flexibility index (Phi) is 3.48. The van der Waals surface area contributed by atoms with Crippen molar-refractivity contribution < 1.29 is 8.78 Å². The number of aromatic nitrogens is 2. The summed E-state index contributed by atoms with van der Waals surface area (Å²) in [4.78, 5) is 4.36. The van der Waals surface area contributed by atoms with Crippen LogP contribution < -0.4 is 0 Å². The van der Waals surface area contributed by atoms with E-state index >= 15 is 0 Å². The van der Waals surface area contributed by atoms with E-state index in [1.165, 1.54) is 18.2 Å². The van der Waals surface area contributed by atoms with Gasteiger partial charge in [0, 0.05) is 11.8 Å². The zero-order valence-electron chi connectivity index (χ0n) is 10.1. The Balaban J connectivity index is 2.32. The largest absolute Gasteiger partial charge is 0.295 e. The molecule has 0 bridgehead atoms. The molecule has 0 aliphatic rings. The second-order valence-corrected chi connectivity index (χ2v) is 5.35. The molecule has 0 aliphatic heterocycles. The molecule has 0 atom stereocenters. The smallest absolute Gasteiger partial charge is 0.137 e. The lowest BCUT2D eigenvalue weighted by Gasteiger charge is -2.08. The molecule has 0 spiro atoms. The fraction of sp³-hybridized carbons (Fsp3) is 0.0714. The summed E-state index contributed by atoms with van der Waals surface area (Å²) in [5.74, 6) is 0.0224. The van der Waals surface area contributed by atoms with Crippen LogP contribution >= 0.6 is 27.5 Å². The van der Waals surface area contributed by atoms with Gasteiger partial charge in [-0.05, 0) is 46.3 Å².